The summed E-state index contributed by atoms with van der Waals surface area (Å²) in [5.41, 5.74) is 0. The van der Waals surface area contributed by atoms with E-state index >= 15 is 0 Å². The molecule has 1 aromatic rings. The van der Waals surface area contributed by atoms with Crippen molar-refractivity contribution >= 4 is 0 Å². The molecule has 0 N–H and O–H groups in total. The van der Waals surface area contributed by atoms with Gasteiger partial charge in [-0.1, -0.05) is 12.5 Å². The molecule has 1 aromatic heterocycles. The predicted octanol–water partition coefficient (Wildman–Crippen LogP) is 2.33. The second kappa shape index (κ2) is 4.65. The van der Waals surface area contributed by atoms with Crippen LogP contribution in [0.2, 0.25) is 0 Å². The van der Waals surface area contributed by atoms with Crippen LogP contribution in [-0.4, -0.2) is 35.6 Å². The van der Waals surface area contributed by atoms with Crippen molar-refractivity contribution in [2.45, 2.75) is 37.8 Å². The summed E-state index contributed by atoms with van der Waals surface area (Å²) in [5, 5.41) is 0. The molecule has 3 heteroatoms. The van der Waals surface area contributed by atoms with Crippen LogP contribution in [0.25, 0.3) is 0 Å². The standard InChI is InChI=1S/C14H20N2O/c1-16-12(9-11-5-4-6-13(11)16)10-17-14-7-2-3-8-15-14/h2-3,7-8,11-13H,4-6,9-10H2,1H3/t11-,12-,13-/m1/s1. The van der Waals surface area contributed by atoms with Gasteiger partial charge in [-0.25, -0.2) is 4.98 Å². The summed E-state index contributed by atoms with van der Waals surface area (Å²) in [6.45, 7) is 0.778. The molecule has 92 valence electrons. The van der Waals surface area contributed by atoms with Gasteiger partial charge in [0.15, 0.2) is 0 Å². The number of likely N-dealkylation sites (N-methyl/N-ethyl adjacent to an activating group) is 1. The molecule has 17 heavy (non-hydrogen) atoms. The van der Waals surface area contributed by atoms with E-state index in [1.165, 1.54) is 25.7 Å². The van der Waals surface area contributed by atoms with Crippen molar-refractivity contribution in [2.75, 3.05) is 13.7 Å². The highest BCUT2D eigenvalue weighted by Crippen LogP contribution is 2.40. The summed E-state index contributed by atoms with van der Waals surface area (Å²) in [7, 11) is 2.25. The minimum absolute atomic E-state index is 0.576. The van der Waals surface area contributed by atoms with Gasteiger partial charge in [0.2, 0.25) is 5.88 Å². The Hall–Kier alpha value is -1.09. The largest absolute Gasteiger partial charge is 0.476 e. The van der Waals surface area contributed by atoms with Gasteiger partial charge in [0.1, 0.15) is 6.61 Å². The van der Waals surface area contributed by atoms with Gasteiger partial charge in [0.05, 0.1) is 0 Å². The minimum Gasteiger partial charge on any atom is -0.476 e. The third-order valence-corrected chi connectivity index (χ3v) is 4.35. The van der Waals surface area contributed by atoms with Crippen LogP contribution >= 0.6 is 0 Å². The lowest BCUT2D eigenvalue weighted by molar-refractivity contribution is 0.163. The quantitative estimate of drug-likeness (QED) is 0.800. The summed E-state index contributed by atoms with van der Waals surface area (Å²) in [5.74, 6) is 1.66. The first kappa shape index (κ1) is 11.0. The second-order valence-corrected chi connectivity index (χ2v) is 5.29. The average Bonchev–Trinajstić information content (AvgIpc) is 2.92. The van der Waals surface area contributed by atoms with Gasteiger partial charge >= 0.3 is 0 Å². The molecule has 0 amide bonds. The molecular formula is C14H20N2O. The normalized spacial score (nSPS) is 32.6. The van der Waals surface area contributed by atoms with Gasteiger partial charge in [-0.15, -0.1) is 0 Å². The molecule has 0 radical (unpaired) electrons. The van der Waals surface area contributed by atoms with Crippen LogP contribution in [0.1, 0.15) is 25.7 Å². The maximum Gasteiger partial charge on any atom is 0.213 e. The number of hydrogen-bond acceptors (Lipinski definition) is 3. The third-order valence-electron chi connectivity index (χ3n) is 4.35. The van der Waals surface area contributed by atoms with E-state index in [-0.39, 0.29) is 0 Å². The number of fused-ring (bicyclic) bond motifs is 1. The van der Waals surface area contributed by atoms with Crippen molar-refractivity contribution in [3.8, 4) is 5.88 Å². The second-order valence-electron chi connectivity index (χ2n) is 5.29. The van der Waals surface area contributed by atoms with Crippen molar-refractivity contribution in [3.63, 3.8) is 0 Å². The zero-order valence-corrected chi connectivity index (χ0v) is 10.4. The molecule has 2 heterocycles. The molecule has 1 aliphatic heterocycles. The van der Waals surface area contributed by atoms with Gasteiger partial charge in [0, 0.05) is 24.3 Å². The fourth-order valence-electron chi connectivity index (χ4n) is 3.41. The Bertz CT molecular complexity index is 368. The van der Waals surface area contributed by atoms with E-state index in [2.05, 4.69) is 16.9 Å². The molecule has 1 saturated carbocycles. The molecule has 0 unspecified atom stereocenters. The molecule has 3 atom stereocenters. The van der Waals surface area contributed by atoms with Crippen LogP contribution in [0, 0.1) is 5.92 Å². The van der Waals surface area contributed by atoms with Gasteiger partial charge in [-0.05, 0) is 38.3 Å². The van der Waals surface area contributed by atoms with Crippen LogP contribution < -0.4 is 4.74 Å². The fraction of sp³-hybridized carbons (Fsp3) is 0.643. The Balaban J connectivity index is 1.56. The summed E-state index contributed by atoms with van der Waals surface area (Å²) in [6.07, 6.45) is 7.28. The van der Waals surface area contributed by atoms with Crippen molar-refractivity contribution < 1.29 is 4.74 Å². The highest BCUT2D eigenvalue weighted by Gasteiger charge is 2.41. The van der Waals surface area contributed by atoms with Crippen molar-refractivity contribution in [1.29, 1.82) is 0 Å². The lowest BCUT2D eigenvalue weighted by Crippen LogP contribution is -2.35. The Morgan fingerprint density at radius 3 is 3.12 bits per heavy atom. The Labute approximate surface area is 103 Å². The van der Waals surface area contributed by atoms with Crippen LogP contribution in [0.5, 0.6) is 5.88 Å². The molecule has 3 nitrogen and oxygen atoms in total. The molecular weight excluding hydrogens is 212 g/mol. The molecule has 2 aliphatic rings. The Morgan fingerprint density at radius 1 is 1.41 bits per heavy atom. The SMILES string of the molecule is CN1[C@@H](COc2ccccn2)C[C@H]2CCC[C@H]21. The smallest absolute Gasteiger partial charge is 0.213 e. The van der Waals surface area contributed by atoms with Crippen molar-refractivity contribution in [3.05, 3.63) is 24.4 Å². The van der Waals surface area contributed by atoms with E-state index in [1.807, 2.05) is 18.2 Å². The number of pyridine rings is 1. The van der Waals surface area contributed by atoms with Crippen LogP contribution in [0.3, 0.4) is 0 Å². The first-order valence-corrected chi connectivity index (χ1v) is 6.60. The molecule has 0 aromatic carbocycles. The van der Waals surface area contributed by atoms with E-state index in [9.17, 15) is 0 Å². The van der Waals surface area contributed by atoms with Gasteiger partial charge in [0.25, 0.3) is 0 Å². The van der Waals surface area contributed by atoms with E-state index in [0.29, 0.717) is 6.04 Å². The maximum absolute atomic E-state index is 5.77. The molecule has 3 rings (SSSR count). The van der Waals surface area contributed by atoms with E-state index in [0.717, 1.165) is 24.4 Å². The minimum atomic E-state index is 0.576. The average molecular weight is 232 g/mol. The van der Waals surface area contributed by atoms with Crippen molar-refractivity contribution in [2.24, 2.45) is 5.92 Å². The van der Waals surface area contributed by atoms with Crippen molar-refractivity contribution in [1.82, 2.24) is 9.88 Å². The zero-order chi connectivity index (χ0) is 11.7. The number of likely N-dealkylation sites (tertiary alicyclic amines) is 1. The molecule has 1 saturated heterocycles. The first-order chi connectivity index (χ1) is 8.34. The van der Waals surface area contributed by atoms with E-state index < -0.39 is 0 Å². The summed E-state index contributed by atoms with van der Waals surface area (Å²) >= 11 is 0. The molecule has 1 aliphatic carbocycles. The lowest BCUT2D eigenvalue weighted by Gasteiger charge is -2.24. The van der Waals surface area contributed by atoms with E-state index in [1.54, 1.807) is 6.20 Å². The maximum atomic E-state index is 5.77. The number of hydrogen-bond donors (Lipinski definition) is 0. The number of ether oxygens (including phenoxy) is 1. The highest BCUT2D eigenvalue weighted by atomic mass is 16.5. The van der Waals surface area contributed by atoms with Crippen LogP contribution in [0.15, 0.2) is 24.4 Å². The lowest BCUT2D eigenvalue weighted by atomic mass is 10.0. The van der Waals surface area contributed by atoms with Gasteiger partial charge in [-0.3, -0.25) is 4.90 Å². The molecule has 0 bridgehead atoms. The fourth-order valence-corrected chi connectivity index (χ4v) is 3.41. The number of rotatable bonds is 3. The highest BCUT2D eigenvalue weighted by molar-refractivity contribution is 5.09. The topological polar surface area (TPSA) is 25.4 Å². The van der Waals surface area contributed by atoms with Crippen LogP contribution in [0.4, 0.5) is 0 Å². The number of nitrogens with zero attached hydrogens (tertiary/aromatic N) is 2. The third kappa shape index (κ3) is 2.16. The summed E-state index contributed by atoms with van der Waals surface area (Å²) in [4.78, 5) is 6.72. The molecule has 0 spiro atoms. The number of aromatic nitrogens is 1. The van der Waals surface area contributed by atoms with Crippen LogP contribution in [-0.2, 0) is 0 Å². The van der Waals surface area contributed by atoms with E-state index in [4.69, 9.17) is 4.74 Å². The zero-order valence-electron chi connectivity index (χ0n) is 10.4. The predicted molar refractivity (Wildman–Crippen MR) is 67.0 cm³/mol. The summed E-state index contributed by atoms with van der Waals surface area (Å²) < 4.78 is 5.77. The van der Waals surface area contributed by atoms with Gasteiger partial charge < -0.3 is 4.74 Å². The monoisotopic (exact) mass is 232 g/mol. The first-order valence-electron chi connectivity index (χ1n) is 6.60. The van der Waals surface area contributed by atoms with Gasteiger partial charge in [-0.2, -0.15) is 0 Å². The Kier molecular flexibility index (Phi) is 3.02. The molecule has 2 fully saturated rings. The summed E-state index contributed by atoms with van der Waals surface area (Å²) in [6, 6.07) is 7.20. The Morgan fingerprint density at radius 2 is 2.35 bits per heavy atom.